The fourth-order valence-electron chi connectivity index (χ4n) is 3.28. The summed E-state index contributed by atoms with van der Waals surface area (Å²) in [7, 11) is 0. The lowest BCUT2D eigenvalue weighted by atomic mass is 9.90. The second-order valence-corrected chi connectivity index (χ2v) is 5.26. The number of nitrogens with zero attached hydrogens (tertiary/aromatic N) is 1. The molecule has 1 aromatic carbocycles. The summed E-state index contributed by atoms with van der Waals surface area (Å²) in [5, 5.41) is 0.965. The molecular weight excluding hydrogens is 241 g/mol. The Balaban J connectivity index is 1.99. The van der Waals surface area contributed by atoms with E-state index < -0.39 is 0 Å². The second-order valence-electron chi connectivity index (χ2n) is 5.26. The smallest absolute Gasteiger partial charge is 0.134 e. The fraction of sp³-hybridized carbons (Fsp3) is 0.500. The average Bonchev–Trinajstić information content (AvgIpc) is 2.78. The van der Waals surface area contributed by atoms with E-state index >= 15 is 0 Å². The van der Waals surface area contributed by atoms with Gasteiger partial charge in [0.25, 0.3) is 0 Å². The highest BCUT2D eigenvalue weighted by Gasteiger charge is 2.27. The SMILES string of the molecule is CCN(CC)C1CCc2oc3ccc(F)cc3c2C1. The van der Waals surface area contributed by atoms with Gasteiger partial charge in [-0.2, -0.15) is 0 Å². The van der Waals surface area contributed by atoms with Crippen LogP contribution in [0.2, 0.25) is 0 Å². The molecule has 3 rings (SSSR count). The molecule has 19 heavy (non-hydrogen) atoms. The van der Waals surface area contributed by atoms with Crippen molar-refractivity contribution in [3.63, 3.8) is 0 Å². The van der Waals surface area contributed by atoms with Crippen molar-refractivity contribution in [2.24, 2.45) is 0 Å². The number of benzene rings is 1. The van der Waals surface area contributed by atoms with E-state index in [-0.39, 0.29) is 5.82 Å². The molecule has 1 atom stereocenters. The maximum atomic E-state index is 13.4. The van der Waals surface area contributed by atoms with E-state index in [1.165, 1.54) is 11.6 Å². The predicted molar refractivity (Wildman–Crippen MR) is 74.9 cm³/mol. The van der Waals surface area contributed by atoms with Crippen LogP contribution in [0.15, 0.2) is 22.6 Å². The molecule has 2 aromatic rings. The minimum Gasteiger partial charge on any atom is -0.461 e. The topological polar surface area (TPSA) is 16.4 Å². The molecule has 1 heterocycles. The summed E-state index contributed by atoms with van der Waals surface area (Å²) in [5.74, 6) is 0.880. The number of aryl methyl sites for hydroxylation is 1. The number of hydrogen-bond acceptors (Lipinski definition) is 2. The van der Waals surface area contributed by atoms with Crippen molar-refractivity contribution in [1.82, 2.24) is 4.90 Å². The van der Waals surface area contributed by atoms with E-state index in [9.17, 15) is 4.39 Å². The van der Waals surface area contributed by atoms with E-state index in [4.69, 9.17) is 4.42 Å². The molecule has 0 saturated heterocycles. The van der Waals surface area contributed by atoms with Gasteiger partial charge in [0.05, 0.1) is 0 Å². The molecule has 0 bridgehead atoms. The zero-order valence-electron chi connectivity index (χ0n) is 11.6. The summed E-state index contributed by atoms with van der Waals surface area (Å²) < 4.78 is 19.3. The van der Waals surface area contributed by atoms with Crippen LogP contribution in [0.4, 0.5) is 4.39 Å². The molecule has 1 aliphatic rings. The Hall–Kier alpha value is -1.35. The van der Waals surface area contributed by atoms with Gasteiger partial charge in [-0.25, -0.2) is 4.39 Å². The number of fused-ring (bicyclic) bond motifs is 3. The fourth-order valence-corrected chi connectivity index (χ4v) is 3.28. The Labute approximate surface area is 113 Å². The Bertz CT molecular complexity index is 586. The third-order valence-corrected chi connectivity index (χ3v) is 4.31. The molecule has 0 N–H and O–H groups in total. The highest BCUT2D eigenvalue weighted by molar-refractivity contribution is 5.82. The van der Waals surface area contributed by atoms with Crippen molar-refractivity contribution in [2.45, 2.75) is 39.2 Å². The summed E-state index contributed by atoms with van der Waals surface area (Å²) in [5.41, 5.74) is 2.05. The maximum Gasteiger partial charge on any atom is 0.134 e. The van der Waals surface area contributed by atoms with Gasteiger partial charge in [-0.05, 0) is 44.1 Å². The van der Waals surface area contributed by atoms with Gasteiger partial charge < -0.3 is 9.32 Å². The highest BCUT2D eigenvalue weighted by Crippen LogP contribution is 2.33. The zero-order chi connectivity index (χ0) is 13.4. The third kappa shape index (κ3) is 2.16. The standard InChI is InChI=1S/C16H20FNO/c1-3-18(4-2)12-6-8-16-14(10-12)13-9-11(17)5-7-15(13)19-16/h5,7,9,12H,3-4,6,8,10H2,1-2H3. The lowest BCUT2D eigenvalue weighted by molar-refractivity contribution is 0.195. The predicted octanol–water partition coefficient (Wildman–Crippen LogP) is 3.77. The molecule has 102 valence electrons. The molecule has 1 aliphatic carbocycles. The third-order valence-electron chi connectivity index (χ3n) is 4.31. The molecule has 0 spiro atoms. The van der Waals surface area contributed by atoms with Gasteiger partial charge in [0, 0.05) is 23.4 Å². The monoisotopic (exact) mass is 261 g/mol. The van der Waals surface area contributed by atoms with Gasteiger partial charge in [0.2, 0.25) is 0 Å². The lowest BCUT2D eigenvalue weighted by Crippen LogP contribution is -2.38. The number of likely N-dealkylation sites (N-methyl/N-ethyl adjacent to an activating group) is 1. The first kappa shape index (κ1) is 12.7. The Morgan fingerprint density at radius 2 is 2.11 bits per heavy atom. The summed E-state index contributed by atoms with van der Waals surface area (Å²) in [4.78, 5) is 2.49. The second kappa shape index (κ2) is 4.97. The van der Waals surface area contributed by atoms with E-state index in [0.717, 1.165) is 49.1 Å². The summed E-state index contributed by atoms with van der Waals surface area (Å²) >= 11 is 0. The van der Waals surface area contributed by atoms with Crippen LogP contribution in [-0.2, 0) is 12.8 Å². The first-order valence-corrected chi connectivity index (χ1v) is 7.16. The normalized spacial score (nSPS) is 19.1. The molecular formula is C16H20FNO. The Morgan fingerprint density at radius 3 is 2.84 bits per heavy atom. The van der Waals surface area contributed by atoms with E-state index in [1.807, 2.05) is 0 Å². The van der Waals surface area contributed by atoms with Crippen LogP contribution in [0, 0.1) is 5.82 Å². The van der Waals surface area contributed by atoms with Crippen LogP contribution in [0.25, 0.3) is 11.0 Å². The van der Waals surface area contributed by atoms with Gasteiger partial charge in [-0.1, -0.05) is 13.8 Å². The van der Waals surface area contributed by atoms with E-state index in [2.05, 4.69) is 18.7 Å². The summed E-state index contributed by atoms with van der Waals surface area (Å²) in [6, 6.07) is 5.39. The number of halogens is 1. The van der Waals surface area contributed by atoms with Crippen molar-refractivity contribution in [2.75, 3.05) is 13.1 Å². The highest BCUT2D eigenvalue weighted by atomic mass is 19.1. The van der Waals surface area contributed by atoms with Crippen molar-refractivity contribution in [3.05, 3.63) is 35.3 Å². The van der Waals surface area contributed by atoms with Gasteiger partial charge in [-0.3, -0.25) is 0 Å². The van der Waals surface area contributed by atoms with Crippen LogP contribution in [0.1, 0.15) is 31.6 Å². The quantitative estimate of drug-likeness (QED) is 0.836. The summed E-state index contributed by atoms with van der Waals surface area (Å²) in [6.07, 6.45) is 3.08. The zero-order valence-corrected chi connectivity index (χ0v) is 11.6. The van der Waals surface area contributed by atoms with Crippen LogP contribution in [0.3, 0.4) is 0 Å². The van der Waals surface area contributed by atoms with E-state index in [1.54, 1.807) is 12.1 Å². The summed E-state index contributed by atoms with van der Waals surface area (Å²) in [6.45, 7) is 6.54. The molecule has 3 heteroatoms. The largest absolute Gasteiger partial charge is 0.461 e. The van der Waals surface area contributed by atoms with Gasteiger partial charge >= 0.3 is 0 Å². The first-order valence-electron chi connectivity index (χ1n) is 7.16. The van der Waals surface area contributed by atoms with Gasteiger partial charge in [0.15, 0.2) is 0 Å². The minimum absolute atomic E-state index is 0.180. The van der Waals surface area contributed by atoms with Crippen LogP contribution in [0.5, 0.6) is 0 Å². The first-order chi connectivity index (χ1) is 9.22. The lowest BCUT2D eigenvalue weighted by Gasteiger charge is -2.32. The van der Waals surface area contributed by atoms with E-state index in [0.29, 0.717) is 6.04 Å². The molecule has 0 amide bonds. The van der Waals surface area contributed by atoms with Gasteiger partial charge in [0.1, 0.15) is 17.2 Å². The van der Waals surface area contributed by atoms with Crippen LogP contribution < -0.4 is 0 Å². The molecule has 0 radical (unpaired) electrons. The number of furan rings is 1. The van der Waals surface area contributed by atoms with Crippen molar-refractivity contribution in [1.29, 1.82) is 0 Å². The average molecular weight is 261 g/mol. The van der Waals surface area contributed by atoms with Gasteiger partial charge in [-0.15, -0.1) is 0 Å². The van der Waals surface area contributed by atoms with Crippen molar-refractivity contribution >= 4 is 11.0 Å². The maximum absolute atomic E-state index is 13.4. The molecule has 1 unspecified atom stereocenters. The van der Waals surface area contributed by atoms with Crippen LogP contribution in [-0.4, -0.2) is 24.0 Å². The Morgan fingerprint density at radius 1 is 1.32 bits per heavy atom. The molecule has 2 nitrogen and oxygen atoms in total. The molecule has 0 aliphatic heterocycles. The van der Waals surface area contributed by atoms with Crippen molar-refractivity contribution in [3.8, 4) is 0 Å². The molecule has 0 fully saturated rings. The molecule has 0 saturated carbocycles. The Kier molecular flexibility index (Phi) is 3.31. The van der Waals surface area contributed by atoms with Crippen molar-refractivity contribution < 1.29 is 8.81 Å². The number of rotatable bonds is 3. The van der Waals surface area contributed by atoms with Crippen LogP contribution >= 0.6 is 0 Å². The number of hydrogen-bond donors (Lipinski definition) is 0. The molecule has 1 aromatic heterocycles. The minimum atomic E-state index is -0.180.